The number of unbranched alkanes of at least 4 members (excludes halogenated alkanes) is 1. The lowest BCUT2D eigenvalue weighted by atomic mass is 10.2. The van der Waals surface area contributed by atoms with Crippen LogP contribution in [0.4, 0.5) is 0 Å². The molecule has 0 bridgehead atoms. The lowest BCUT2D eigenvalue weighted by Crippen LogP contribution is -2.50. The van der Waals surface area contributed by atoms with Crippen LogP contribution in [0.3, 0.4) is 0 Å². The molecule has 0 saturated carbocycles. The summed E-state index contributed by atoms with van der Waals surface area (Å²) in [6.45, 7) is 8.92. The first-order valence-corrected chi connectivity index (χ1v) is 7.97. The SMILES string of the molecule is CCCC[Si](Cl)(NC)C(C)(C)C. The normalized spacial score (nSPS) is 17.5. The molecular formula is C9H22ClNSi. The summed E-state index contributed by atoms with van der Waals surface area (Å²) in [7, 11) is 0.276. The minimum Gasteiger partial charge on any atom is -0.328 e. The molecule has 0 saturated heterocycles. The maximum atomic E-state index is 6.61. The quantitative estimate of drug-likeness (QED) is 0.550. The summed E-state index contributed by atoms with van der Waals surface area (Å²) in [5, 5.41) is 0.248. The van der Waals surface area contributed by atoms with Gasteiger partial charge in [0.1, 0.15) is 0 Å². The predicted octanol–water partition coefficient (Wildman–Crippen LogP) is 3.49. The summed E-state index contributed by atoms with van der Waals surface area (Å²) < 4.78 is 0. The third kappa shape index (κ3) is 3.07. The molecule has 0 amide bonds. The van der Waals surface area contributed by atoms with Gasteiger partial charge in [-0.05, 0) is 18.1 Å². The van der Waals surface area contributed by atoms with Crippen molar-refractivity contribution in [3.8, 4) is 0 Å². The van der Waals surface area contributed by atoms with Gasteiger partial charge in [-0.1, -0.05) is 40.5 Å². The predicted molar refractivity (Wildman–Crippen MR) is 60.1 cm³/mol. The highest BCUT2D eigenvalue weighted by Gasteiger charge is 2.41. The highest BCUT2D eigenvalue weighted by molar-refractivity contribution is 7.20. The number of hydrogen-bond acceptors (Lipinski definition) is 1. The van der Waals surface area contributed by atoms with Crippen LogP contribution in [0.15, 0.2) is 0 Å². The van der Waals surface area contributed by atoms with Gasteiger partial charge in [0.25, 0.3) is 0 Å². The Morgan fingerprint density at radius 2 is 1.83 bits per heavy atom. The molecule has 74 valence electrons. The van der Waals surface area contributed by atoms with Crippen molar-refractivity contribution < 1.29 is 0 Å². The molecule has 0 rings (SSSR count). The molecule has 0 aliphatic heterocycles. The fourth-order valence-corrected chi connectivity index (χ4v) is 4.29. The van der Waals surface area contributed by atoms with E-state index in [2.05, 4.69) is 32.7 Å². The number of halogens is 1. The molecule has 1 unspecified atom stereocenters. The molecule has 0 aromatic rings. The first-order valence-electron chi connectivity index (χ1n) is 4.75. The standard InChI is InChI=1S/C9H22ClNSi/c1-6-7-8-12(10,11-5)9(2,3)4/h11H,6-8H2,1-5H3. The van der Waals surface area contributed by atoms with Crippen LogP contribution in [0.25, 0.3) is 0 Å². The Balaban J connectivity index is 4.24. The first-order chi connectivity index (χ1) is 5.37. The Hall–Kier alpha value is 0.467. The zero-order chi connectivity index (χ0) is 9.83. The number of nitrogens with one attached hydrogen (secondary N) is 1. The van der Waals surface area contributed by atoms with Crippen molar-refractivity contribution >= 4 is 18.6 Å². The first kappa shape index (κ1) is 12.5. The Bertz CT molecular complexity index is 133. The number of rotatable bonds is 4. The van der Waals surface area contributed by atoms with Crippen molar-refractivity contribution in [3.05, 3.63) is 0 Å². The molecule has 0 aliphatic rings. The van der Waals surface area contributed by atoms with Crippen molar-refractivity contribution in [2.24, 2.45) is 0 Å². The lowest BCUT2D eigenvalue weighted by Gasteiger charge is -2.36. The van der Waals surface area contributed by atoms with Gasteiger partial charge in [-0.3, -0.25) is 0 Å². The molecule has 0 spiro atoms. The van der Waals surface area contributed by atoms with E-state index in [0.29, 0.717) is 0 Å². The Labute approximate surface area is 82.7 Å². The van der Waals surface area contributed by atoms with E-state index in [4.69, 9.17) is 11.1 Å². The summed E-state index contributed by atoms with van der Waals surface area (Å²) in [5.41, 5.74) is 0. The van der Waals surface area contributed by atoms with Crippen molar-refractivity contribution in [2.75, 3.05) is 7.05 Å². The highest BCUT2D eigenvalue weighted by atomic mass is 35.6. The average Bonchev–Trinajstić information content (AvgIpc) is 1.98. The minimum absolute atomic E-state index is 0.248. The second-order valence-electron chi connectivity index (χ2n) is 4.40. The van der Waals surface area contributed by atoms with Crippen molar-refractivity contribution in [3.63, 3.8) is 0 Å². The zero-order valence-corrected chi connectivity index (χ0v) is 10.8. The van der Waals surface area contributed by atoms with Crippen LogP contribution < -0.4 is 4.98 Å². The van der Waals surface area contributed by atoms with E-state index in [9.17, 15) is 0 Å². The topological polar surface area (TPSA) is 12.0 Å². The van der Waals surface area contributed by atoms with Gasteiger partial charge >= 0.3 is 0 Å². The third-order valence-electron chi connectivity index (χ3n) is 2.46. The fraction of sp³-hybridized carbons (Fsp3) is 1.00. The van der Waals surface area contributed by atoms with Crippen molar-refractivity contribution in [1.82, 2.24) is 4.98 Å². The summed E-state index contributed by atoms with van der Waals surface area (Å²) >= 11 is 6.61. The van der Waals surface area contributed by atoms with Crippen molar-refractivity contribution in [1.29, 1.82) is 0 Å². The van der Waals surface area contributed by atoms with Gasteiger partial charge < -0.3 is 4.98 Å². The van der Waals surface area contributed by atoms with E-state index in [1.807, 2.05) is 7.05 Å². The maximum Gasteiger partial charge on any atom is 0.231 e. The van der Waals surface area contributed by atoms with Crippen LogP contribution in [0.5, 0.6) is 0 Å². The zero-order valence-electron chi connectivity index (χ0n) is 9.00. The summed E-state index contributed by atoms with van der Waals surface area (Å²) in [6, 6.07) is 1.17. The van der Waals surface area contributed by atoms with Gasteiger partial charge in [0.2, 0.25) is 7.55 Å². The van der Waals surface area contributed by atoms with E-state index in [-0.39, 0.29) is 5.04 Å². The van der Waals surface area contributed by atoms with Gasteiger partial charge in [0.15, 0.2) is 0 Å². The molecule has 0 aromatic heterocycles. The maximum absolute atomic E-state index is 6.61. The van der Waals surface area contributed by atoms with Gasteiger partial charge in [-0.15, -0.1) is 11.1 Å². The Morgan fingerprint density at radius 1 is 1.33 bits per heavy atom. The highest BCUT2D eigenvalue weighted by Crippen LogP contribution is 2.40. The van der Waals surface area contributed by atoms with Crippen LogP contribution in [0, 0.1) is 0 Å². The molecule has 0 aromatic carbocycles. The van der Waals surface area contributed by atoms with Gasteiger partial charge in [0, 0.05) is 0 Å². The molecule has 0 aliphatic carbocycles. The Kier molecular flexibility index (Phi) is 4.81. The molecule has 1 atom stereocenters. The van der Waals surface area contributed by atoms with Crippen LogP contribution in [-0.4, -0.2) is 14.6 Å². The summed E-state index contributed by atoms with van der Waals surface area (Å²) in [4.78, 5) is 3.36. The van der Waals surface area contributed by atoms with Gasteiger partial charge in [-0.25, -0.2) is 0 Å². The number of hydrogen-bond donors (Lipinski definition) is 1. The molecule has 0 radical (unpaired) electrons. The van der Waals surface area contributed by atoms with Crippen LogP contribution >= 0.6 is 11.1 Å². The second-order valence-corrected chi connectivity index (χ2v) is 10.4. The van der Waals surface area contributed by atoms with E-state index in [1.54, 1.807) is 0 Å². The van der Waals surface area contributed by atoms with E-state index >= 15 is 0 Å². The average molecular weight is 208 g/mol. The van der Waals surface area contributed by atoms with E-state index in [1.165, 1.54) is 18.9 Å². The van der Waals surface area contributed by atoms with Crippen LogP contribution in [0.2, 0.25) is 11.1 Å². The summed E-state index contributed by atoms with van der Waals surface area (Å²) in [6.07, 6.45) is 2.48. The largest absolute Gasteiger partial charge is 0.328 e. The van der Waals surface area contributed by atoms with Crippen molar-refractivity contribution in [2.45, 2.75) is 51.6 Å². The van der Waals surface area contributed by atoms with Crippen LogP contribution in [0.1, 0.15) is 40.5 Å². The smallest absolute Gasteiger partial charge is 0.231 e. The molecule has 1 nitrogen and oxygen atoms in total. The fourth-order valence-electron chi connectivity index (χ4n) is 1.30. The van der Waals surface area contributed by atoms with Gasteiger partial charge in [0.05, 0.1) is 0 Å². The molecule has 0 heterocycles. The minimum atomic E-state index is -1.72. The molecular weight excluding hydrogens is 186 g/mol. The monoisotopic (exact) mass is 207 g/mol. The molecule has 12 heavy (non-hydrogen) atoms. The Morgan fingerprint density at radius 3 is 2.08 bits per heavy atom. The van der Waals surface area contributed by atoms with Crippen LogP contribution in [-0.2, 0) is 0 Å². The van der Waals surface area contributed by atoms with E-state index < -0.39 is 7.55 Å². The van der Waals surface area contributed by atoms with Gasteiger partial charge in [-0.2, -0.15) is 0 Å². The molecule has 1 N–H and O–H groups in total. The molecule has 0 fully saturated rings. The molecule has 3 heteroatoms. The van der Waals surface area contributed by atoms with E-state index in [0.717, 1.165) is 0 Å². The second kappa shape index (κ2) is 4.63. The lowest BCUT2D eigenvalue weighted by molar-refractivity contribution is 0.692. The third-order valence-corrected chi connectivity index (χ3v) is 9.51. The summed E-state index contributed by atoms with van der Waals surface area (Å²) in [5.74, 6) is 0.